The second-order valence-electron chi connectivity index (χ2n) is 8.80. The van der Waals surface area contributed by atoms with Gasteiger partial charge in [-0.2, -0.15) is 5.10 Å². The van der Waals surface area contributed by atoms with Crippen LogP contribution in [-0.2, 0) is 0 Å². The molecule has 6 rings (SSSR count). The first kappa shape index (κ1) is 20.9. The third-order valence-corrected chi connectivity index (χ3v) is 6.34. The molecule has 174 valence electrons. The molecule has 8 nitrogen and oxygen atoms in total. The molecular weight excluding hydrogens is 447 g/mol. The Bertz CT molecular complexity index is 1720. The molecule has 2 aromatic carbocycles. The van der Waals surface area contributed by atoms with Crippen molar-refractivity contribution in [2.75, 3.05) is 0 Å². The number of rotatable bonds is 5. The smallest absolute Gasteiger partial charge is 0.352 e. The normalized spacial score (nSPS) is 11.8. The van der Waals surface area contributed by atoms with Crippen LogP contribution in [0.25, 0.3) is 55.7 Å². The number of carboxylic acids is 1. The summed E-state index contributed by atoms with van der Waals surface area (Å²) in [7, 11) is 0. The maximum atomic E-state index is 14.6. The van der Waals surface area contributed by atoms with Crippen molar-refractivity contribution in [3.8, 4) is 33.9 Å². The summed E-state index contributed by atoms with van der Waals surface area (Å²) in [5, 5.41) is 18.6. The van der Waals surface area contributed by atoms with Gasteiger partial charge in [0.15, 0.2) is 5.82 Å². The lowest BCUT2D eigenvalue weighted by Crippen LogP contribution is -2.00. The lowest BCUT2D eigenvalue weighted by Gasteiger charge is -2.13. The Morgan fingerprint density at radius 2 is 1.89 bits per heavy atom. The molecule has 0 aliphatic carbocycles. The Labute approximate surface area is 198 Å². The number of halogens is 1. The fraction of sp³-hybridized carbons (Fsp3) is 0.115. The van der Waals surface area contributed by atoms with Crippen molar-refractivity contribution < 1.29 is 14.3 Å². The number of benzene rings is 2. The van der Waals surface area contributed by atoms with E-state index >= 15 is 0 Å². The zero-order valence-electron chi connectivity index (χ0n) is 18.9. The molecule has 0 spiro atoms. The highest BCUT2D eigenvalue weighted by molar-refractivity contribution is 6.07. The number of aromatic amines is 4. The van der Waals surface area contributed by atoms with Crippen LogP contribution < -0.4 is 0 Å². The molecule has 0 bridgehead atoms. The quantitative estimate of drug-likeness (QED) is 0.211. The van der Waals surface area contributed by atoms with E-state index in [4.69, 9.17) is 0 Å². The standard InChI is InChI=1S/C26H21FN6O2/c1-12(2)21-22(15-4-3-5-18-16(15)10-20(31-18)25-29-11-30-33-25)24(26(34)35)32-23(21)17-8-13(27)9-19-14(17)6-7-28-19/h3-12,28,31-32H,1-2H3,(H,34,35)(H,29,30,33). The first-order valence-electron chi connectivity index (χ1n) is 11.2. The Morgan fingerprint density at radius 1 is 1.03 bits per heavy atom. The lowest BCUT2D eigenvalue weighted by molar-refractivity contribution is 0.0692. The fourth-order valence-corrected chi connectivity index (χ4v) is 4.92. The van der Waals surface area contributed by atoms with Crippen molar-refractivity contribution in [2.24, 2.45) is 0 Å². The number of hydrogen-bond acceptors (Lipinski definition) is 3. The molecule has 6 aromatic rings. The van der Waals surface area contributed by atoms with Crippen LogP contribution in [0.3, 0.4) is 0 Å². The zero-order chi connectivity index (χ0) is 24.3. The molecule has 0 saturated carbocycles. The molecule has 0 aliphatic rings. The molecule has 0 amide bonds. The molecule has 4 heterocycles. The second-order valence-corrected chi connectivity index (χ2v) is 8.80. The van der Waals surface area contributed by atoms with Crippen LogP contribution in [0.15, 0.2) is 55.0 Å². The lowest BCUT2D eigenvalue weighted by atomic mass is 9.89. The first-order valence-corrected chi connectivity index (χ1v) is 11.2. The largest absolute Gasteiger partial charge is 0.477 e. The van der Waals surface area contributed by atoms with E-state index in [9.17, 15) is 14.3 Å². The van der Waals surface area contributed by atoms with E-state index in [-0.39, 0.29) is 11.6 Å². The molecule has 0 atom stereocenters. The van der Waals surface area contributed by atoms with Gasteiger partial charge in [-0.05, 0) is 47.4 Å². The monoisotopic (exact) mass is 468 g/mol. The maximum Gasteiger partial charge on any atom is 0.352 e. The van der Waals surface area contributed by atoms with Gasteiger partial charge < -0.3 is 20.1 Å². The molecule has 35 heavy (non-hydrogen) atoms. The van der Waals surface area contributed by atoms with Gasteiger partial charge in [0.1, 0.15) is 17.8 Å². The number of nitrogens with zero attached hydrogens (tertiary/aromatic N) is 2. The van der Waals surface area contributed by atoms with Crippen molar-refractivity contribution >= 4 is 27.8 Å². The Balaban J connectivity index is 1.68. The average molecular weight is 468 g/mol. The molecule has 0 radical (unpaired) electrons. The summed E-state index contributed by atoms with van der Waals surface area (Å²) in [6.45, 7) is 4.01. The molecule has 9 heteroatoms. The number of carboxylic acid groups (broad SMARTS) is 1. The number of nitrogens with one attached hydrogen (secondary N) is 4. The van der Waals surface area contributed by atoms with E-state index < -0.39 is 11.8 Å². The highest BCUT2D eigenvalue weighted by Gasteiger charge is 2.28. The molecule has 4 aromatic heterocycles. The minimum absolute atomic E-state index is 0.0513. The van der Waals surface area contributed by atoms with Crippen LogP contribution in [0.4, 0.5) is 4.39 Å². The predicted octanol–water partition coefficient (Wildman–Crippen LogP) is 6.06. The van der Waals surface area contributed by atoms with E-state index in [0.29, 0.717) is 28.2 Å². The molecule has 0 saturated heterocycles. The molecule has 0 fully saturated rings. The summed E-state index contributed by atoms with van der Waals surface area (Å²) in [6, 6.07) is 12.4. The van der Waals surface area contributed by atoms with Gasteiger partial charge in [-0.1, -0.05) is 26.0 Å². The number of aromatic carboxylic acids is 1. The highest BCUT2D eigenvalue weighted by atomic mass is 19.1. The number of aromatic nitrogens is 6. The summed E-state index contributed by atoms with van der Waals surface area (Å²) in [6.07, 6.45) is 3.18. The van der Waals surface area contributed by atoms with E-state index in [1.165, 1.54) is 18.5 Å². The third kappa shape index (κ3) is 3.23. The van der Waals surface area contributed by atoms with Crippen LogP contribution in [0.2, 0.25) is 0 Å². The summed E-state index contributed by atoms with van der Waals surface area (Å²) >= 11 is 0. The van der Waals surface area contributed by atoms with Crippen LogP contribution in [0.5, 0.6) is 0 Å². The molecule has 5 N–H and O–H groups in total. The van der Waals surface area contributed by atoms with E-state index in [1.807, 2.05) is 44.2 Å². The van der Waals surface area contributed by atoms with Crippen LogP contribution in [0, 0.1) is 5.82 Å². The second kappa shape index (κ2) is 7.69. The van der Waals surface area contributed by atoms with Gasteiger partial charge in [-0.3, -0.25) is 5.10 Å². The van der Waals surface area contributed by atoms with Crippen molar-refractivity contribution in [3.05, 3.63) is 72.1 Å². The maximum absolute atomic E-state index is 14.6. The van der Waals surface area contributed by atoms with Crippen LogP contribution in [0.1, 0.15) is 35.8 Å². The van der Waals surface area contributed by atoms with E-state index in [1.54, 1.807) is 6.20 Å². The van der Waals surface area contributed by atoms with Crippen molar-refractivity contribution in [3.63, 3.8) is 0 Å². The van der Waals surface area contributed by atoms with Gasteiger partial charge in [0.05, 0.1) is 11.4 Å². The topological polar surface area (TPSA) is 126 Å². The van der Waals surface area contributed by atoms with Gasteiger partial charge in [-0.15, -0.1) is 0 Å². The Morgan fingerprint density at radius 3 is 2.63 bits per heavy atom. The fourth-order valence-electron chi connectivity index (χ4n) is 4.92. The van der Waals surface area contributed by atoms with Crippen LogP contribution >= 0.6 is 0 Å². The van der Waals surface area contributed by atoms with Crippen molar-refractivity contribution in [1.82, 2.24) is 30.1 Å². The van der Waals surface area contributed by atoms with Gasteiger partial charge in [0.25, 0.3) is 0 Å². The zero-order valence-corrected chi connectivity index (χ0v) is 18.9. The number of H-pyrrole nitrogens is 4. The SMILES string of the molecule is CC(C)c1c(-c2cc(F)cc3[nH]ccc23)[nH]c(C(=O)O)c1-c1cccc2[nH]c(-c3ncn[nH]3)cc12. The van der Waals surface area contributed by atoms with Crippen molar-refractivity contribution in [1.29, 1.82) is 0 Å². The summed E-state index contributed by atoms with van der Waals surface area (Å²) < 4.78 is 14.6. The highest BCUT2D eigenvalue weighted by Crippen LogP contribution is 2.44. The van der Waals surface area contributed by atoms with E-state index in [0.717, 1.165) is 33.1 Å². The minimum atomic E-state index is -1.09. The minimum Gasteiger partial charge on any atom is -0.477 e. The van der Waals surface area contributed by atoms with Gasteiger partial charge in [0, 0.05) is 39.1 Å². The first-order chi connectivity index (χ1) is 16.9. The molecular formula is C26H21FN6O2. The van der Waals surface area contributed by atoms with E-state index in [2.05, 4.69) is 30.1 Å². The third-order valence-electron chi connectivity index (χ3n) is 6.34. The summed E-state index contributed by atoms with van der Waals surface area (Å²) in [4.78, 5) is 26.2. The Hall–Kier alpha value is -4.66. The van der Waals surface area contributed by atoms with Gasteiger partial charge in [0.2, 0.25) is 0 Å². The van der Waals surface area contributed by atoms with Gasteiger partial charge >= 0.3 is 5.97 Å². The number of carbonyl (C=O) groups is 1. The molecule has 0 aliphatic heterocycles. The predicted molar refractivity (Wildman–Crippen MR) is 132 cm³/mol. The number of fused-ring (bicyclic) bond motifs is 2. The Kier molecular flexibility index (Phi) is 4.60. The average Bonchev–Trinajstić information content (AvgIpc) is 3.62. The van der Waals surface area contributed by atoms with Gasteiger partial charge in [-0.25, -0.2) is 14.2 Å². The van der Waals surface area contributed by atoms with Crippen LogP contribution in [-0.4, -0.2) is 41.2 Å². The summed E-state index contributed by atoms with van der Waals surface area (Å²) in [5.74, 6) is -0.955. The molecule has 0 unspecified atom stereocenters. The van der Waals surface area contributed by atoms with Crippen molar-refractivity contribution in [2.45, 2.75) is 19.8 Å². The summed E-state index contributed by atoms with van der Waals surface area (Å²) in [5.41, 5.74) is 5.65. The number of hydrogen-bond donors (Lipinski definition) is 5.